The number of rotatable bonds is 6. The Balaban J connectivity index is 2.09. The van der Waals surface area contributed by atoms with Crippen molar-refractivity contribution in [2.45, 2.75) is 32.2 Å². The van der Waals surface area contributed by atoms with Crippen LogP contribution in [0.5, 0.6) is 0 Å². The summed E-state index contributed by atoms with van der Waals surface area (Å²) in [5.74, 6) is -1.37. The second-order valence-corrected chi connectivity index (χ2v) is 5.06. The van der Waals surface area contributed by atoms with E-state index in [0.717, 1.165) is 5.56 Å². The number of cyclic esters (lactones) is 2. The zero-order valence-electron chi connectivity index (χ0n) is 12.7. The molecule has 6 heteroatoms. The smallest absolute Gasteiger partial charge is 0.418 e. The van der Waals surface area contributed by atoms with E-state index in [1.807, 2.05) is 30.3 Å². The van der Waals surface area contributed by atoms with Gasteiger partial charge in [0.1, 0.15) is 6.04 Å². The molecular formula is C16H19NO5. The molecule has 1 amide bonds. The largest absolute Gasteiger partial charge is 0.466 e. The molecule has 0 aliphatic carbocycles. The van der Waals surface area contributed by atoms with Crippen molar-refractivity contribution < 1.29 is 23.9 Å². The molecule has 1 heterocycles. The van der Waals surface area contributed by atoms with Crippen LogP contribution in [0.4, 0.5) is 4.79 Å². The maximum atomic E-state index is 12.2. The highest BCUT2D eigenvalue weighted by Crippen LogP contribution is 2.24. The van der Waals surface area contributed by atoms with Crippen molar-refractivity contribution in [1.82, 2.24) is 4.90 Å². The summed E-state index contributed by atoms with van der Waals surface area (Å²) in [5, 5.41) is 0. The van der Waals surface area contributed by atoms with Gasteiger partial charge in [0, 0.05) is 6.54 Å². The molecule has 0 saturated carbocycles. The highest BCUT2D eigenvalue weighted by Gasteiger charge is 2.38. The lowest BCUT2D eigenvalue weighted by molar-refractivity contribution is -0.145. The number of nitrogens with zero attached hydrogens (tertiary/aromatic N) is 1. The number of carbonyl (C=O) groups excluding carboxylic acids is 3. The van der Waals surface area contributed by atoms with Gasteiger partial charge in [-0.2, -0.15) is 0 Å². The monoisotopic (exact) mass is 305 g/mol. The second-order valence-electron chi connectivity index (χ2n) is 5.06. The number of esters is 2. The average molecular weight is 305 g/mol. The van der Waals surface area contributed by atoms with Crippen LogP contribution in [0.2, 0.25) is 0 Å². The first-order chi connectivity index (χ1) is 10.5. The number of hydrogen-bond donors (Lipinski definition) is 0. The van der Waals surface area contributed by atoms with Gasteiger partial charge in [0.2, 0.25) is 0 Å². The Morgan fingerprint density at radius 2 is 2.00 bits per heavy atom. The van der Waals surface area contributed by atoms with Gasteiger partial charge in [-0.15, -0.1) is 0 Å². The van der Waals surface area contributed by atoms with E-state index in [0.29, 0.717) is 13.0 Å². The Morgan fingerprint density at radius 3 is 2.55 bits per heavy atom. The first-order valence-electron chi connectivity index (χ1n) is 7.28. The molecule has 0 N–H and O–H groups in total. The third kappa shape index (κ3) is 3.44. The first kappa shape index (κ1) is 16.0. The third-order valence-corrected chi connectivity index (χ3v) is 3.66. The van der Waals surface area contributed by atoms with E-state index in [-0.39, 0.29) is 12.5 Å². The number of amides is 1. The topological polar surface area (TPSA) is 72.9 Å². The fourth-order valence-electron chi connectivity index (χ4n) is 2.42. The Labute approximate surface area is 129 Å². The minimum Gasteiger partial charge on any atom is -0.466 e. The molecule has 0 radical (unpaired) electrons. The van der Waals surface area contributed by atoms with E-state index >= 15 is 0 Å². The average Bonchev–Trinajstić information content (AvgIpc) is 2.75. The Hall–Kier alpha value is -2.37. The molecule has 0 spiro atoms. The first-order valence-corrected chi connectivity index (χ1v) is 7.28. The van der Waals surface area contributed by atoms with Gasteiger partial charge in [-0.1, -0.05) is 30.3 Å². The van der Waals surface area contributed by atoms with Crippen molar-refractivity contribution in [3.05, 3.63) is 35.9 Å². The molecule has 1 fully saturated rings. The lowest BCUT2D eigenvalue weighted by atomic mass is 9.95. The molecule has 0 aromatic heterocycles. The van der Waals surface area contributed by atoms with Gasteiger partial charge in [-0.3, -0.25) is 9.69 Å². The van der Waals surface area contributed by atoms with Crippen LogP contribution in [0.3, 0.4) is 0 Å². The van der Waals surface area contributed by atoms with Crippen LogP contribution < -0.4 is 0 Å². The minimum absolute atomic E-state index is 0.254. The molecule has 1 aromatic rings. The summed E-state index contributed by atoms with van der Waals surface area (Å²) in [6, 6.07) is 8.63. The molecule has 118 valence electrons. The predicted molar refractivity (Wildman–Crippen MR) is 78.1 cm³/mol. The number of benzene rings is 1. The van der Waals surface area contributed by atoms with Gasteiger partial charge >= 0.3 is 18.0 Å². The minimum atomic E-state index is -0.659. The molecule has 0 bridgehead atoms. The summed E-state index contributed by atoms with van der Waals surface area (Å²) in [6.07, 6.45) is -0.288. The number of hydrogen-bond acceptors (Lipinski definition) is 5. The summed E-state index contributed by atoms with van der Waals surface area (Å²) < 4.78 is 9.67. The molecule has 2 rings (SSSR count). The van der Waals surface area contributed by atoms with Crippen molar-refractivity contribution in [3.63, 3.8) is 0 Å². The van der Waals surface area contributed by atoms with Crippen molar-refractivity contribution in [1.29, 1.82) is 0 Å². The maximum absolute atomic E-state index is 12.2. The second kappa shape index (κ2) is 7.06. The Kier molecular flexibility index (Phi) is 5.14. The highest BCUT2D eigenvalue weighted by atomic mass is 16.6. The fourth-order valence-corrected chi connectivity index (χ4v) is 2.42. The van der Waals surface area contributed by atoms with E-state index in [1.165, 1.54) is 4.90 Å². The van der Waals surface area contributed by atoms with Crippen LogP contribution in [-0.2, 0) is 19.1 Å². The van der Waals surface area contributed by atoms with E-state index in [2.05, 4.69) is 4.74 Å². The van der Waals surface area contributed by atoms with Crippen LogP contribution in [-0.4, -0.2) is 42.1 Å². The number of carbonyl (C=O) groups is 3. The van der Waals surface area contributed by atoms with Crippen LogP contribution >= 0.6 is 0 Å². The Bertz CT molecular complexity index is 557. The summed E-state index contributed by atoms with van der Waals surface area (Å²) in [5.41, 5.74) is 0.826. The van der Waals surface area contributed by atoms with Gasteiger partial charge in [0.15, 0.2) is 0 Å². The van der Waals surface area contributed by atoms with E-state index < -0.39 is 24.0 Å². The molecule has 1 aliphatic heterocycles. The molecule has 2 atom stereocenters. The molecule has 22 heavy (non-hydrogen) atoms. The molecule has 1 aromatic carbocycles. The molecule has 1 aliphatic rings. The van der Waals surface area contributed by atoms with Crippen LogP contribution in [0.1, 0.15) is 31.7 Å². The van der Waals surface area contributed by atoms with Crippen molar-refractivity contribution in [2.24, 2.45) is 0 Å². The standard InChI is InChI=1S/C16H19NO5/c1-3-21-15(19)13(12-7-5-4-6-8-12)9-10-17-11(2)14(18)22-16(17)20/h4-8,11,13H,3,9-10H2,1-2H3/t11-,13?/m0/s1. The Morgan fingerprint density at radius 1 is 1.32 bits per heavy atom. The normalized spacial score (nSPS) is 19.0. The zero-order chi connectivity index (χ0) is 16.1. The lowest BCUT2D eigenvalue weighted by Crippen LogP contribution is -2.35. The van der Waals surface area contributed by atoms with E-state index in [4.69, 9.17) is 4.74 Å². The van der Waals surface area contributed by atoms with Crippen molar-refractivity contribution in [3.8, 4) is 0 Å². The van der Waals surface area contributed by atoms with Gasteiger partial charge in [-0.05, 0) is 25.8 Å². The predicted octanol–water partition coefficient (Wildman–Crippen LogP) is 2.09. The van der Waals surface area contributed by atoms with E-state index in [9.17, 15) is 14.4 Å². The lowest BCUT2D eigenvalue weighted by Gasteiger charge is -2.21. The number of ether oxygens (including phenoxy) is 2. The van der Waals surface area contributed by atoms with Crippen LogP contribution in [0, 0.1) is 0 Å². The van der Waals surface area contributed by atoms with E-state index in [1.54, 1.807) is 13.8 Å². The fraction of sp³-hybridized carbons (Fsp3) is 0.438. The quantitative estimate of drug-likeness (QED) is 0.594. The maximum Gasteiger partial charge on any atom is 0.418 e. The summed E-state index contributed by atoms with van der Waals surface area (Å²) in [7, 11) is 0. The van der Waals surface area contributed by atoms with Crippen LogP contribution in [0.15, 0.2) is 30.3 Å². The molecule has 1 unspecified atom stereocenters. The highest BCUT2D eigenvalue weighted by molar-refractivity contribution is 5.95. The third-order valence-electron chi connectivity index (χ3n) is 3.66. The molecular weight excluding hydrogens is 286 g/mol. The van der Waals surface area contributed by atoms with Gasteiger partial charge < -0.3 is 9.47 Å². The SMILES string of the molecule is CCOC(=O)C(CCN1C(=O)OC(=O)[C@@H]1C)c1ccccc1. The van der Waals surface area contributed by atoms with Gasteiger partial charge in [-0.25, -0.2) is 9.59 Å². The summed E-state index contributed by atoms with van der Waals surface area (Å²) >= 11 is 0. The summed E-state index contributed by atoms with van der Waals surface area (Å²) in [6.45, 7) is 3.90. The summed E-state index contributed by atoms with van der Waals surface area (Å²) in [4.78, 5) is 36.5. The van der Waals surface area contributed by atoms with Crippen LogP contribution in [0.25, 0.3) is 0 Å². The van der Waals surface area contributed by atoms with Gasteiger partial charge in [0.05, 0.1) is 12.5 Å². The van der Waals surface area contributed by atoms with Crippen molar-refractivity contribution >= 4 is 18.0 Å². The zero-order valence-corrected chi connectivity index (χ0v) is 12.7. The van der Waals surface area contributed by atoms with Gasteiger partial charge in [0.25, 0.3) is 0 Å². The van der Waals surface area contributed by atoms with Crippen molar-refractivity contribution in [2.75, 3.05) is 13.2 Å². The molecule has 6 nitrogen and oxygen atoms in total. The molecule has 1 saturated heterocycles.